The molecule has 0 saturated carbocycles. The van der Waals surface area contributed by atoms with Crippen LogP contribution in [0.15, 0.2) is 12.3 Å². The van der Waals surface area contributed by atoms with Crippen LogP contribution < -0.4 is 10.6 Å². The Hall–Kier alpha value is -0.970. The van der Waals surface area contributed by atoms with Crippen LogP contribution in [0, 0.1) is 0 Å². The Labute approximate surface area is 114 Å². The summed E-state index contributed by atoms with van der Waals surface area (Å²) in [7, 11) is 0. The molecule has 1 atom stereocenters. The topological polar surface area (TPSA) is 49.8 Å². The van der Waals surface area contributed by atoms with E-state index in [-0.39, 0.29) is 0 Å². The molecule has 1 unspecified atom stereocenters. The number of rotatable bonds is 9. The molecular formula is C13H24N4S. The van der Waals surface area contributed by atoms with Crippen LogP contribution in [0.3, 0.4) is 0 Å². The van der Waals surface area contributed by atoms with Gasteiger partial charge in [-0.1, -0.05) is 13.8 Å². The van der Waals surface area contributed by atoms with E-state index in [0.29, 0.717) is 12.0 Å². The Balaban J connectivity index is 2.40. The molecular weight excluding hydrogens is 244 g/mol. The predicted molar refractivity (Wildman–Crippen MR) is 81.5 cm³/mol. The van der Waals surface area contributed by atoms with Crippen molar-refractivity contribution < 1.29 is 0 Å². The van der Waals surface area contributed by atoms with Crippen LogP contribution in [-0.2, 0) is 0 Å². The first-order valence-electron chi connectivity index (χ1n) is 6.67. The number of thioether (sulfide) groups is 1. The highest BCUT2D eigenvalue weighted by molar-refractivity contribution is 7.99. The Morgan fingerprint density at radius 2 is 2.22 bits per heavy atom. The molecule has 4 nitrogen and oxygen atoms in total. The van der Waals surface area contributed by atoms with Crippen molar-refractivity contribution in [2.45, 2.75) is 39.7 Å². The first-order chi connectivity index (χ1) is 8.76. The molecule has 0 amide bonds. The smallest absolute Gasteiger partial charge is 0.224 e. The maximum absolute atomic E-state index is 4.44. The van der Waals surface area contributed by atoms with E-state index in [2.05, 4.69) is 41.4 Å². The lowest BCUT2D eigenvalue weighted by Crippen LogP contribution is -2.17. The summed E-state index contributed by atoms with van der Waals surface area (Å²) < 4.78 is 0. The Morgan fingerprint density at radius 1 is 1.39 bits per heavy atom. The molecule has 0 aliphatic heterocycles. The molecule has 0 radical (unpaired) electrons. The van der Waals surface area contributed by atoms with Gasteiger partial charge in [-0.3, -0.25) is 0 Å². The lowest BCUT2D eigenvalue weighted by molar-refractivity contribution is 0.765. The molecule has 0 aliphatic carbocycles. The summed E-state index contributed by atoms with van der Waals surface area (Å²) in [5, 5.41) is 6.61. The van der Waals surface area contributed by atoms with Crippen molar-refractivity contribution >= 4 is 23.5 Å². The second kappa shape index (κ2) is 9.03. The highest BCUT2D eigenvalue weighted by atomic mass is 32.2. The molecule has 0 aromatic carbocycles. The normalized spacial score (nSPS) is 12.2. The fourth-order valence-electron chi connectivity index (χ4n) is 1.49. The van der Waals surface area contributed by atoms with Crippen molar-refractivity contribution in [2.75, 3.05) is 28.7 Å². The minimum absolute atomic E-state index is 0.443. The fraction of sp³-hybridized carbons (Fsp3) is 0.692. The number of nitrogens with one attached hydrogen (secondary N) is 2. The highest BCUT2D eigenvalue weighted by Gasteiger charge is 2.04. The zero-order valence-electron chi connectivity index (χ0n) is 11.6. The van der Waals surface area contributed by atoms with Crippen molar-refractivity contribution in [1.29, 1.82) is 0 Å². The average Bonchev–Trinajstić information content (AvgIpc) is 2.37. The zero-order valence-corrected chi connectivity index (χ0v) is 12.4. The predicted octanol–water partition coefficient (Wildman–Crippen LogP) is 3.24. The van der Waals surface area contributed by atoms with Crippen molar-refractivity contribution in [1.82, 2.24) is 9.97 Å². The van der Waals surface area contributed by atoms with Gasteiger partial charge in [0.2, 0.25) is 5.95 Å². The lowest BCUT2D eigenvalue weighted by Gasteiger charge is -2.14. The van der Waals surface area contributed by atoms with Crippen LogP contribution in [0.25, 0.3) is 0 Å². The van der Waals surface area contributed by atoms with E-state index >= 15 is 0 Å². The van der Waals surface area contributed by atoms with Gasteiger partial charge in [-0.25, -0.2) is 4.98 Å². The van der Waals surface area contributed by atoms with Gasteiger partial charge >= 0.3 is 0 Å². The molecule has 102 valence electrons. The quantitative estimate of drug-likeness (QED) is 0.673. The van der Waals surface area contributed by atoms with Gasteiger partial charge in [-0.15, -0.1) is 0 Å². The van der Waals surface area contributed by atoms with Gasteiger partial charge in [-0.05, 0) is 37.3 Å². The number of anilines is 2. The number of hydrogen-bond acceptors (Lipinski definition) is 5. The second-order valence-corrected chi connectivity index (χ2v) is 5.62. The molecule has 1 aromatic rings. The molecule has 0 aliphatic rings. The molecule has 0 bridgehead atoms. The molecule has 5 heteroatoms. The van der Waals surface area contributed by atoms with Crippen LogP contribution in [-0.4, -0.2) is 34.1 Å². The molecule has 0 fully saturated rings. The summed E-state index contributed by atoms with van der Waals surface area (Å²) in [6, 6.07) is 2.36. The van der Waals surface area contributed by atoms with Gasteiger partial charge < -0.3 is 10.6 Å². The van der Waals surface area contributed by atoms with Crippen LogP contribution in [0.1, 0.15) is 33.6 Å². The summed E-state index contributed by atoms with van der Waals surface area (Å²) in [6.07, 6.45) is 4.02. The average molecular weight is 268 g/mol. The highest BCUT2D eigenvalue weighted by Crippen LogP contribution is 2.10. The van der Waals surface area contributed by atoms with E-state index in [0.717, 1.165) is 25.2 Å². The second-order valence-electron chi connectivity index (χ2n) is 4.22. The first-order valence-corrected chi connectivity index (χ1v) is 7.83. The van der Waals surface area contributed by atoms with Gasteiger partial charge in [0.15, 0.2) is 0 Å². The van der Waals surface area contributed by atoms with E-state index < -0.39 is 0 Å². The van der Waals surface area contributed by atoms with Gasteiger partial charge in [-0.2, -0.15) is 16.7 Å². The van der Waals surface area contributed by atoms with E-state index in [4.69, 9.17) is 0 Å². The van der Waals surface area contributed by atoms with Crippen LogP contribution in [0.2, 0.25) is 0 Å². The molecule has 1 aromatic heterocycles. The van der Waals surface area contributed by atoms with Crippen molar-refractivity contribution in [3.05, 3.63) is 12.3 Å². The third-order valence-electron chi connectivity index (χ3n) is 2.48. The molecule has 18 heavy (non-hydrogen) atoms. The standard InChI is InChI=1S/C13H24N4S/c1-4-8-14-13-15-9-6-12(17-13)16-11(3)7-10-18-5-2/h6,9,11H,4-5,7-8,10H2,1-3H3,(H2,14,15,16,17). The minimum atomic E-state index is 0.443. The summed E-state index contributed by atoms with van der Waals surface area (Å²) in [5.41, 5.74) is 0. The van der Waals surface area contributed by atoms with Gasteiger partial charge in [0.25, 0.3) is 0 Å². The maximum atomic E-state index is 4.44. The van der Waals surface area contributed by atoms with Gasteiger partial charge in [0, 0.05) is 18.8 Å². The monoisotopic (exact) mass is 268 g/mol. The van der Waals surface area contributed by atoms with Gasteiger partial charge in [0.05, 0.1) is 0 Å². The Kier molecular flexibility index (Phi) is 7.57. The third kappa shape index (κ3) is 6.10. The van der Waals surface area contributed by atoms with E-state index in [9.17, 15) is 0 Å². The van der Waals surface area contributed by atoms with Crippen molar-refractivity contribution in [3.63, 3.8) is 0 Å². The van der Waals surface area contributed by atoms with Gasteiger partial charge in [0.1, 0.15) is 5.82 Å². The Bertz CT molecular complexity index is 333. The molecule has 1 heterocycles. The maximum Gasteiger partial charge on any atom is 0.224 e. The zero-order chi connectivity index (χ0) is 13.2. The van der Waals surface area contributed by atoms with Crippen LogP contribution in [0.5, 0.6) is 0 Å². The minimum Gasteiger partial charge on any atom is -0.367 e. The lowest BCUT2D eigenvalue weighted by atomic mass is 10.2. The van der Waals surface area contributed by atoms with E-state index in [1.807, 2.05) is 17.8 Å². The Morgan fingerprint density at radius 3 is 2.94 bits per heavy atom. The van der Waals surface area contributed by atoms with Crippen molar-refractivity contribution in [2.24, 2.45) is 0 Å². The van der Waals surface area contributed by atoms with Crippen LogP contribution in [0.4, 0.5) is 11.8 Å². The number of hydrogen-bond donors (Lipinski definition) is 2. The third-order valence-corrected chi connectivity index (χ3v) is 3.41. The van der Waals surface area contributed by atoms with Crippen molar-refractivity contribution in [3.8, 4) is 0 Å². The SMILES string of the molecule is CCCNc1nccc(NC(C)CCSCC)n1. The summed E-state index contributed by atoms with van der Waals surface area (Å²) in [5.74, 6) is 3.98. The first kappa shape index (κ1) is 15.1. The van der Waals surface area contributed by atoms with Crippen LogP contribution >= 0.6 is 11.8 Å². The summed E-state index contributed by atoms with van der Waals surface area (Å²) in [4.78, 5) is 8.63. The molecule has 2 N–H and O–H groups in total. The number of nitrogens with zero attached hydrogens (tertiary/aromatic N) is 2. The summed E-state index contributed by atoms with van der Waals surface area (Å²) in [6.45, 7) is 7.42. The molecule has 1 rings (SSSR count). The number of aromatic nitrogens is 2. The van der Waals surface area contributed by atoms with E-state index in [1.165, 1.54) is 11.5 Å². The largest absolute Gasteiger partial charge is 0.367 e. The van der Waals surface area contributed by atoms with E-state index in [1.54, 1.807) is 6.20 Å². The molecule has 0 saturated heterocycles. The molecule has 0 spiro atoms. The fourth-order valence-corrected chi connectivity index (χ4v) is 2.30. The summed E-state index contributed by atoms with van der Waals surface area (Å²) >= 11 is 1.98.